The number of aryl methyl sites for hydroxylation is 2. The van der Waals surface area contributed by atoms with E-state index in [1.807, 2.05) is 37.3 Å². The van der Waals surface area contributed by atoms with Gasteiger partial charge in [0.05, 0.1) is 25.7 Å². The van der Waals surface area contributed by atoms with Crippen LogP contribution >= 0.6 is 0 Å². The van der Waals surface area contributed by atoms with Crippen LogP contribution in [0.3, 0.4) is 0 Å². The van der Waals surface area contributed by atoms with Crippen molar-refractivity contribution in [3.05, 3.63) is 89.0 Å². The van der Waals surface area contributed by atoms with Gasteiger partial charge in [-0.1, -0.05) is 49.6 Å². The molecule has 3 aromatic rings. The molecular weight excluding hydrogens is 519 g/mol. The van der Waals surface area contributed by atoms with E-state index >= 15 is 0 Å². The number of unbranched alkanes of at least 4 members (excludes halogenated alkanes) is 4. The first kappa shape index (κ1) is 30.7. The van der Waals surface area contributed by atoms with Crippen molar-refractivity contribution in [3.8, 4) is 16.9 Å². The van der Waals surface area contributed by atoms with Crippen LogP contribution in [0.4, 0.5) is 13.2 Å². The molecule has 214 valence electrons. The van der Waals surface area contributed by atoms with Crippen molar-refractivity contribution in [2.24, 2.45) is 0 Å². The van der Waals surface area contributed by atoms with Crippen LogP contribution in [-0.4, -0.2) is 32.1 Å². The van der Waals surface area contributed by atoms with E-state index in [2.05, 4.69) is 10.1 Å². The number of halogens is 3. The van der Waals surface area contributed by atoms with Crippen molar-refractivity contribution in [2.45, 2.75) is 58.0 Å². The third-order valence-electron chi connectivity index (χ3n) is 6.66. The molecule has 1 amide bonds. The molecule has 0 aliphatic heterocycles. The predicted molar refractivity (Wildman–Crippen MR) is 149 cm³/mol. The van der Waals surface area contributed by atoms with Crippen molar-refractivity contribution in [1.29, 1.82) is 0 Å². The van der Waals surface area contributed by atoms with E-state index in [0.29, 0.717) is 12.2 Å². The molecule has 0 aliphatic carbocycles. The van der Waals surface area contributed by atoms with Gasteiger partial charge >= 0.3 is 12.1 Å². The Bertz CT molecular complexity index is 1240. The Morgan fingerprint density at radius 3 is 2.17 bits per heavy atom. The van der Waals surface area contributed by atoms with E-state index in [4.69, 9.17) is 4.74 Å². The van der Waals surface area contributed by atoms with E-state index in [9.17, 15) is 22.8 Å². The topological polar surface area (TPSA) is 64.6 Å². The summed E-state index contributed by atoms with van der Waals surface area (Å²) in [7, 11) is 1.32. The Morgan fingerprint density at radius 2 is 1.52 bits per heavy atom. The number of alkyl halides is 3. The number of ether oxygens (including phenoxy) is 2. The van der Waals surface area contributed by atoms with Gasteiger partial charge in [-0.3, -0.25) is 9.59 Å². The molecule has 0 unspecified atom stereocenters. The zero-order chi connectivity index (χ0) is 29.0. The second-order valence-electron chi connectivity index (χ2n) is 9.70. The molecule has 0 bridgehead atoms. The zero-order valence-corrected chi connectivity index (χ0v) is 23.0. The summed E-state index contributed by atoms with van der Waals surface area (Å²) < 4.78 is 48.9. The monoisotopic (exact) mass is 555 g/mol. The largest absolute Gasteiger partial charge is 0.494 e. The summed E-state index contributed by atoms with van der Waals surface area (Å²) in [5.41, 5.74) is 3.67. The molecule has 1 N–H and O–H groups in total. The maximum atomic E-state index is 12.8. The third-order valence-corrected chi connectivity index (χ3v) is 6.66. The number of nitrogens with one attached hydrogen (secondary N) is 1. The van der Waals surface area contributed by atoms with Gasteiger partial charge in [0.2, 0.25) is 0 Å². The first-order chi connectivity index (χ1) is 19.2. The Morgan fingerprint density at radius 1 is 0.850 bits per heavy atom. The maximum absolute atomic E-state index is 12.8. The number of esters is 1. The lowest BCUT2D eigenvalue weighted by molar-refractivity contribution is -0.140. The van der Waals surface area contributed by atoms with Crippen LogP contribution in [0.1, 0.15) is 65.6 Å². The summed E-state index contributed by atoms with van der Waals surface area (Å²) >= 11 is 0. The van der Waals surface area contributed by atoms with Crippen molar-refractivity contribution in [3.63, 3.8) is 0 Å². The van der Waals surface area contributed by atoms with Gasteiger partial charge in [-0.25, -0.2) is 0 Å². The molecule has 0 spiro atoms. The molecule has 0 fully saturated rings. The number of hydrogen-bond donors (Lipinski definition) is 1. The van der Waals surface area contributed by atoms with Gasteiger partial charge in [0.25, 0.3) is 5.91 Å². The van der Waals surface area contributed by atoms with E-state index in [1.165, 1.54) is 24.8 Å². The number of hydrogen-bond acceptors (Lipinski definition) is 4. The summed E-state index contributed by atoms with van der Waals surface area (Å²) in [6.07, 6.45) is 2.04. The van der Waals surface area contributed by atoms with E-state index < -0.39 is 11.7 Å². The smallest absolute Gasteiger partial charge is 0.416 e. The molecule has 5 nitrogen and oxygen atoms in total. The van der Waals surface area contributed by atoms with Crippen LogP contribution in [0.25, 0.3) is 11.1 Å². The highest BCUT2D eigenvalue weighted by atomic mass is 19.4. The first-order valence-corrected chi connectivity index (χ1v) is 13.5. The zero-order valence-electron chi connectivity index (χ0n) is 23.0. The van der Waals surface area contributed by atoms with Crippen LogP contribution in [0.5, 0.6) is 5.75 Å². The molecule has 0 aliphatic rings. The minimum Gasteiger partial charge on any atom is -0.494 e. The molecule has 0 atom stereocenters. The summed E-state index contributed by atoms with van der Waals surface area (Å²) in [4.78, 5) is 23.2. The average Bonchev–Trinajstić information content (AvgIpc) is 2.94. The van der Waals surface area contributed by atoms with Crippen molar-refractivity contribution < 1.29 is 32.2 Å². The predicted octanol–water partition coefficient (Wildman–Crippen LogP) is 7.55. The van der Waals surface area contributed by atoms with E-state index in [0.717, 1.165) is 73.1 Å². The van der Waals surface area contributed by atoms with Crippen molar-refractivity contribution in [1.82, 2.24) is 5.32 Å². The summed E-state index contributed by atoms with van der Waals surface area (Å²) in [5.74, 6) is 0.196. The lowest BCUT2D eigenvalue weighted by atomic mass is 9.99. The highest BCUT2D eigenvalue weighted by Crippen LogP contribution is 2.32. The number of carbonyl (C=O) groups is 2. The van der Waals surface area contributed by atoms with Gasteiger partial charge in [-0.05, 0) is 84.8 Å². The maximum Gasteiger partial charge on any atom is 0.416 e. The summed E-state index contributed by atoms with van der Waals surface area (Å²) in [5, 5.41) is 2.71. The summed E-state index contributed by atoms with van der Waals surface area (Å²) in [6.45, 7) is 2.79. The van der Waals surface area contributed by atoms with Gasteiger partial charge < -0.3 is 14.8 Å². The quantitative estimate of drug-likeness (QED) is 0.165. The standard InChI is InChI=1S/C32H36F3NO4/c1-23-22-28(17-18-29(23)25-13-15-27(16-14-25)32(33,34)35)40-21-7-5-3-4-6-8-24-9-11-26(12-10-24)31(38)36-20-19-30(37)39-2/h9-18,22H,3-8,19-21H2,1-2H3,(H,36,38). The minimum atomic E-state index is -4.34. The molecule has 0 radical (unpaired) electrons. The van der Waals surface area contributed by atoms with Gasteiger partial charge in [0.15, 0.2) is 0 Å². The fraction of sp³-hybridized carbons (Fsp3) is 0.375. The van der Waals surface area contributed by atoms with Gasteiger partial charge in [-0.2, -0.15) is 13.2 Å². The van der Waals surface area contributed by atoms with Crippen LogP contribution in [0.2, 0.25) is 0 Å². The minimum absolute atomic E-state index is 0.147. The molecule has 0 saturated heterocycles. The molecule has 8 heteroatoms. The Labute approximate surface area is 233 Å². The normalized spacial score (nSPS) is 11.2. The number of amides is 1. The third kappa shape index (κ3) is 9.74. The lowest BCUT2D eigenvalue weighted by Crippen LogP contribution is -2.26. The molecule has 0 saturated carbocycles. The van der Waals surface area contributed by atoms with E-state index in [-0.39, 0.29) is 24.8 Å². The fourth-order valence-electron chi connectivity index (χ4n) is 4.35. The lowest BCUT2D eigenvalue weighted by Gasteiger charge is -2.12. The molecule has 0 heterocycles. The fourth-order valence-corrected chi connectivity index (χ4v) is 4.35. The molecular formula is C32H36F3NO4. The Balaban J connectivity index is 1.30. The summed E-state index contributed by atoms with van der Waals surface area (Å²) in [6, 6.07) is 18.4. The number of rotatable bonds is 14. The average molecular weight is 556 g/mol. The van der Waals surface area contributed by atoms with Gasteiger partial charge in [0, 0.05) is 12.1 Å². The second kappa shape index (κ2) is 15.1. The van der Waals surface area contributed by atoms with Crippen molar-refractivity contribution >= 4 is 11.9 Å². The van der Waals surface area contributed by atoms with Crippen LogP contribution < -0.4 is 10.1 Å². The van der Waals surface area contributed by atoms with Crippen LogP contribution in [-0.2, 0) is 22.1 Å². The molecule has 3 rings (SSSR count). The molecule has 3 aromatic carbocycles. The van der Waals surface area contributed by atoms with Crippen LogP contribution in [0.15, 0.2) is 66.7 Å². The van der Waals surface area contributed by atoms with Crippen molar-refractivity contribution in [2.75, 3.05) is 20.3 Å². The Hall–Kier alpha value is -3.81. The highest BCUT2D eigenvalue weighted by Gasteiger charge is 2.30. The second-order valence-corrected chi connectivity index (χ2v) is 9.70. The number of carbonyl (C=O) groups excluding carboxylic acids is 2. The Kier molecular flexibility index (Phi) is 11.6. The number of methoxy groups -OCH3 is 1. The van der Waals surface area contributed by atoms with Gasteiger partial charge in [-0.15, -0.1) is 0 Å². The van der Waals surface area contributed by atoms with Crippen LogP contribution in [0, 0.1) is 6.92 Å². The molecule has 0 aromatic heterocycles. The molecule has 40 heavy (non-hydrogen) atoms. The van der Waals surface area contributed by atoms with Gasteiger partial charge in [0.1, 0.15) is 5.75 Å². The van der Waals surface area contributed by atoms with E-state index in [1.54, 1.807) is 12.1 Å². The SMILES string of the molecule is COC(=O)CCNC(=O)c1ccc(CCCCCCCOc2ccc(-c3ccc(C(F)(F)F)cc3)c(C)c2)cc1. The number of benzene rings is 3. The first-order valence-electron chi connectivity index (χ1n) is 13.5. The highest BCUT2D eigenvalue weighted by molar-refractivity contribution is 5.94.